The van der Waals surface area contributed by atoms with Crippen molar-refractivity contribution in [3.8, 4) is 5.75 Å². The van der Waals surface area contributed by atoms with Gasteiger partial charge < -0.3 is 20.1 Å². The summed E-state index contributed by atoms with van der Waals surface area (Å²) in [6.07, 6.45) is 0. The molecule has 150 valence electrons. The van der Waals surface area contributed by atoms with Crippen LogP contribution in [0.2, 0.25) is 0 Å². The van der Waals surface area contributed by atoms with E-state index in [9.17, 15) is 0 Å². The van der Waals surface area contributed by atoms with E-state index in [1.165, 1.54) is 11.1 Å². The molecular formula is C22H30N4O2. The molecule has 1 heterocycles. The van der Waals surface area contributed by atoms with Crippen LogP contribution in [0.5, 0.6) is 5.75 Å². The Balaban J connectivity index is 1.36. The number of rotatable bonds is 8. The second-order valence-electron chi connectivity index (χ2n) is 6.72. The number of aliphatic imine (C=N–C) groups is 1. The smallest absolute Gasteiger partial charge is 0.191 e. The Morgan fingerprint density at radius 2 is 1.71 bits per heavy atom. The Bertz CT molecular complexity index is 713. The minimum absolute atomic E-state index is 0.584. The molecular weight excluding hydrogens is 352 g/mol. The van der Waals surface area contributed by atoms with Crippen molar-refractivity contribution in [1.82, 2.24) is 15.5 Å². The summed E-state index contributed by atoms with van der Waals surface area (Å²) in [4.78, 5) is 6.69. The van der Waals surface area contributed by atoms with Crippen LogP contribution in [-0.2, 0) is 17.8 Å². The van der Waals surface area contributed by atoms with Gasteiger partial charge in [-0.25, -0.2) is 0 Å². The van der Waals surface area contributed by atoms with E-state index in [1.807, 2.05) is 30.3 Å². The van der Waals surface area contributed by atoms with Crippen LogP contribution in [0.3, 0.4) is 0 Å². The van der Waals surface area contributed by atoms with Gasteiger partial charge in [-0.2, -0.15) is 0 Å². The average molecular weight is 383 g/mol. The van der Waals surface area contributed by atoms with Crippen LogP contribution in [0.4, 0.5) is 0 Å². The second kappa shape index (κ2) is 11.3. The van der Waals surface area contributed by atoms with Gasteiger partial charge in [0.15, 0.2) is 5.96 Å². The van der Waals surface area contributed by atoms with Crippen LogP contribution in [0.25, 0.3) is 0 Å². The van der Waals surface area contributed by atoms with E-state index in [-0.39, 0.29) is 0 Å². The Kier molecular flexibility index (Phi) is 8.15. The SMILES string of the molecule is CN=C(NCCOc1ccccc1)NCc1ccc(CN2CCOCC2)cc1. The molecule has 1 saturated heterocycles. The highest BCUT2D eigenvalue weighted by atomic mass is 16.5. The van der Waals surface area contributed by atoms with Crippen molar-refractivity contribution >= 4 is 5.96 Å². The van der Waals surface area contributed by atoms with Crippen LogP contribution >= 0.6 is 0 Å². The van der Waals surface area contributed by atoms with Crippen LogP contribution in [0, 0.1) is 0 Å². The number of ether oxygens (including phenoxy) is 2. The van der Waals surface area contributed by atoms with E-state index in [4.69, 9.17) is 9.47 Å². The minimum Gasteiger partial charge on any atom is -0.492 e. The standard InChI is InChI=1S/C22H30N4O2/c1-23-22(24-11-14-28-21-5-3-2-4-6-21)25-17-19-7-9-20(10-8-19)18-26-12-15-27-16-13-26/h2-10H,11-18H2,1H3,(H2,23,24,25). The first-order valence-electron chi connectivity index (χ1n) is 9.84. The molecule has 0 aromatic heterocycles. The van der Waals surface area contributed by atoms with Gasteiger partial charge in [-0.15, -0.1) is 0 Å². The molecule has 0 aliphatic carbocycles. The van der Waals surface area contributed by atoms with Crippen molar-refractivity contribution in [1.29, 1.82) is 0 Å². The first kappa shape index (κ1) is 20.2. The average Bonchev–Trinajstić information content (AvgIpc) is 2.76. The Labute approximate surface area is 167 Å². The van der Waals surface area contributed by atoms with E-state index >= 15 is 0 Å². The third kappa shape index (κ3) is 6.87. The molecule has 0 spiro atoms. The van der Waals surface area contributed by atoms with Gasteiger partial charge in [-0.3, -0.25) is 9.89 Å². The van der Waals surface area contributed by atoms with E-state index in [0.717, 1.165) is 51.1 Å². The molecule has 2 aromatic rings. The fourth-order valence-electron chi connectivity index (χ4n) is 3.04. The summed E-state index contributed by atoms with van der Waals surface area (Å²) in [5.74, 6) is 1.65. The molecule has 6 nitrogen and oxygen atoms in total. The summed E-state index contributed by atoms with van der Waals surface area (Å²) < 4.78 is 11.1. The van der Waals surface area contributed by atoms with Crippen LogP contribution < -0.4 is 15.4 Å². The topological polar surface area (TPSA) is 58.1 Å². The maximum absolute atomic E-state index is 5.68. The third-order valence-corrected chi connectivity index (χ3v) is 4.62. The van der Waals surface area contributed by atoms with Crippen molar-refractivity contribution in [3.05, 3.63) is 65.7 Å². The van der Waals surface area contributed by atoms with Gasteiger partial charge in [0.25, 0.3) is 0 Å². The van der Waals surface area contributed by atoms with Gasteiger partial charge in [-0.05, 0) is 23.3 Å². The molecule has 0 unspecified atom stereocenters. The Hall–Kier alpha value is -2.57. The quantitative estimate of drug-likeness (QED) is 0.417. The highest BCUT2D eigenvalue weighted by Gasteiger charge is 2.10. The van der Waals surface area contributed by atoms with Crippen molar-refractivity contribution in [2.24, 2.45) is 4.99 Å². The third-order valence-electron chi connectivity index (χ3n) is 4.62. The van der Waals surface area contributed by atoms with Crippen LogP contribution in [0.1, 0.15) is 11.1 Å². The van der Waals surface area contributed by atoms with E-state index < -0.39 is 0 Å². The zero-order valence-corrected chi connectivity index (χ0v) is 16.6. The van der Waals surface area contributed by atoms with E-state index in [1.54, 1.807) is 7.05 Å². The molecule has 0 amide bonds. The van der Waals surface area contributed by atoms with Gasteiger partial charge in [-0.1, -0.05) is 42.5 Å². The Morgan fingerprint density at radius 3 is 2.43 bits per heavy atom. The largest absolute Gasteiger partial charge is 0.492 e. The number of morpholine rings is 1. The van der Waals surface area contributed by atoms with Gasteiger partial charge >= 0.3 is 0 Å². The van der Waals surface area contributed by atoms with Gasteiger partial charge in [0.05, 0.1) is 19.8 Å². The molecule has 0 bridgehead atoms. The zero-order chi connectivity index (χ0) is 19.4. The summed E-state index contributed by atoms with van der Waals surface area (Å²) >= 11 is 0. The van der Waals surface area contributed by atoms with E-state index in [2.05, 4.69) is 44.8 Å². The first-order valence-corrected chi connectivity index (χ1v) is 9.84. The monoisotopic (exact) mass is 382 g/mol. The molecule has 28 heavy (non-hydrogen) atoms. The lowest BCUT2D eigenvalue weighted by Crippen LogP contribution is -2.38. The number of hydrogen-bond donors (Lipinski definition) is 2. The highest BCUT2D eigenvalue weighted by molar-refractivity contribution is 5.79. The molecule has 2 N–H and O–H groups in total. The van der Waals surface area contributed by atoms with Gasteiger partial charge in [0.2, 0.25) is 0 Å². The molecule has 1 aliphatic rings. The lowest BCUT2D eigenvalue weighted by atomic mass is 10.1. The van der Waals surface area contributed by atoms with Crippen LogP contribution in [0.15, 0.2) is 59.6 Å². The first-order chi connectivity index (χ1) is 13.8. The molecule has 0 radical (unpaired) electrons. The molecule has 6 heteroatoms. The van der Waals surface area contributed by atoms with Crippen molar-refractivity contribution in [3.63, 3.8) is 0 Å². The Morgan fingerprint density at radius 1 is 1.00 bits per heavy atom. The number of para-hydroxylation sites is 1. The number of hydrogen-bond acceptors (Lipinski definition) is 4. The maximum Gasteiger partial charge on any atom is 0.191 e. The summed E-state index contributed by atoms with van der Waals surface area (Å²) in [6, 6.07) is 18.6. The fraction of sp³-hybridized carbons (Fsp3) is 0.409. The molecule has 0 saturated carbocycles. The summed E-state index contributed by atoms with van der Waals surface area (Å²) in [5.41, 5.74) is 2.57. The van der Waals surface area contributed by atoms with Gasteiger partial charge in [0.1, 0.15) is 12.4 Å². The molecule has 1 fully saturated rings. The normalized spacial score (nSPS) is 15.2. The van der Waals surface area contributed by atoms with E-state index in [0.29, 0.717) is 13.2 Å². The predicted octanol–water partition coefficient (Wildman–Crippen LogP) is 2.26. The molecule has 2 aromatic carbocycles. The molecule has 1 aliphatic heterocycles. The summed E-state index contributed by atoms with van der Waals surface area (Å²) in [7, 11) is 1.78. The number of nitrogens with zero attached hydrogens (tertiary/aromatic N) is 2. The number of benzene rings is 2. The summed E-state index contributed by atoms with van der Waals surface area (Å²) in [5, 5.41) is 6.61. The number of nitrogens with one attached hydrogen (secondary N) is 2. The van der Waals surface area contributed by atoms with Crippen molar-refractivity contribution in [2.45, 2.75) is 13.1 Å². The number of guanidine groups is 1. The minimum atomic E-state index is 0.584. The van der Waals surface area contributed by atoms with Gasteiger partial charge in [0, 0.05) is 33.2 Å². The summed E-state index contributed by atoms with van der Waals surface area (Å²) in [6.45, 7) is 6.69. The molecule has 0 atom stereocenters. The fourth-order valence-corrected chi connectivity index (χ4v) is 3.04. The second-order valence-corrected chi connectivity index (χ2v) is 6.72. The zero-order valence-electron chi connectivity index (χ0n) is 16.6. The van der Waals surface area contributed by atoms with Crippen molar-refractivity contribution < 1.29 is 9.47 Å². The van der Waals surface area contributed by atoms with Crippen molar-refractivity contribution in [2.75, 3.05) is 46.5 Å². The lowest BCUT2D eigenvalue weighted by Gasteiger charge is -2.26. The molecule has 3 rings (SSSR count). The highest BCUT2D eigenvalue weighted by Crippen LogP contribution is 2.09. The predicted molar refractivity (Wildman–Crippen MR) is 113 cm³/mol. The van der Waals surface area contributed by atoms with Crippen LogP contribution in [-0.4, -0.2) is 57.4 Å². The lowest BCUT2D eigenvalue weighted by molar-refractivity contribution is 0.0342. The maximum atomic E-state index is 5.68.